The van der Waals surface area contributed by atoms with E-state index < -0.39 is 0 Å². The molecule has 104 valence electrons. The van der Waals surface area contributed by atoms with Crippen molar-refractivity contribution >= 4 is 12.0 Å². The molecule has 1 amide bonds. The Morgan fingerprint density at radius 1 is 1.25 bits per heavy atom. The van der Waals surface area contributed by atoms with Gasteiger partial charge in [0.2, 0.25) is 0 Å². The monoisotopic (exact) mass is 269 g/mol. The fraction of sp³-hybridized carbons (Fsp3) is 0.375. The number of piperazine rings is 1. The van der Waals surface area contributed by atoms with E-state index in [2.05, 4.69) is 4.90 Å². The van der Waals surface area contributed by atoms with Crippen LogP contribution in [0.4, 0.5) is 0 Å². The van der Waals surface area contributed by atoms with Crippen molar-refractivity contribution in [2.45, 2.75) is 6.92 Å². The van der Waals surface area contributed by atoms with Gasteiger partial charge in [0.1, 0.15) is 11.6 Å². The minimum Gasteiger partial charge on any atom is -0.335 e. The first-order valence-electron chi connectivity index (χ1n) is 6.77. The lowest BCUT2D eigenvalue weighted by Crippen LogP contribution is -2.47. The van der Waals surface area contributed by atoms with Gasteiger partial charge < -0.3 is 9.80 Å². The molecule has 4 heteroatoms. The number of nitriles is 1. The van der Waals surface area contributed by atoms with E-state index in [1.165, 1.54) is 0 Å². The SMILES string of the molecule is Cc1ccccc1C=C(C#N)C(=O)N1CCN(C)CC1. The van der Waals surface area contributed by atoms with Gasteiger partial charge >= 0.3 is 0 Å². The summed E-state index contributed by atoms with van der Waals surface area (Å²) < 4.78 is 0. The van der Waals surface area contributed by atoms with Gasteiger partial charge in [-0.2, -0.15) is 5.26 Å². The molecule has 0 atom stereocenters. The molecule has 0 aromatic heterocycles. The number of carbonyl (C=O) groups is 1. The maximum atomic E-state index is 12.4. The molecule has 0 bridgehead atoms. The maximum absolute atomic E-state index is 12.4. The molecule has 2 rings (SSSR count). The number of likely N-dealkylation sites (N-methyl/N-ethyl adjacent to an activating group) is 1. The molecule has 1 aromatic carbocycles. The van der Waals surface area contributed by atoms with Crippen molar-refractivity contribution in [1.82, 2.24) is 9.80 Å². The highest BCUT2D eigenvalue weighted by molar-refractivity contribution is 6.01. The Hall–Kier alpha value is -2.12. The van der Waals surface area contributed by atoms with Crippen LogP contribution in [-0.4, -0.2) is 48.9 Å². The Kier molecular flexibility index (Phi) is 4.54. The van der Waals surface area contributed by atoms with Crippen molar-refractivity contribution in [2.75, 3.05) is 33.2 Å². The first kappa shape index (κ1) is 14.3. The van der Waals surface area contributed by atoms with Crippen molar-refractivity contribution in [1.29, 1.82) is 5.26 Å². The molecular formula is C16H19N3O. The van der Waals surface area contributed by atoms with Crippen molar-refractivity contribution < 1.29 is 4.79 Å². The van der Waals surface area contributed by atoms with E-state index in [1.54, 1.807) is 11.0 Å². The Morgan fingerprint density at radius 3 is 2.50 bits per heavy atom. The third-order valence-corrected chi connectivity index (χ3v) is 3.63. The van der Waals surface area contributed by atoms with Gasteiger partial charge in [-0.3, -0.25) is 4.79 Å². The summed E-state index contributed by atoms with van der Waals surface area (Å²) in [6.45, 7) is 5.05. The van der Waals surface area contributed by atoms with Gasteiger partial charge in [-0.25, -0.2) is 0 Å². The second kappa shape index (κ2) is 6.36. The molecule has 1 aromatic rings. The molecule has 1 fully saturated rings. The topological polar surface area (TPSA) is 47.3 Å². The summed E-state index contributed by atoms with van der Waals surface area (Å²) in [5, 5.41) is 9.26. The van der Waals surface area contributed by atoms with Crippen LogP contribution in [0.15, 0.2) is 29.8 Å². The van der Waals surface area contributed by atoms with Crippen LogP contribution in [-0.2, 0) is 4.79 Å². The van der Waals surface area contributed by atoms with E-state index in [-0.39, 0.29) is 11.5 Å². The lowest BCUT2D eigenvalue weighted by atomic mass is 10.1. The normalized spacial score (nSPS) is 16.9. The molecule has 0 N–H and O–H groups in total. The fourth-order valence-corrected chi connectivity index (χ4v) is 2.23. The van der Waals surface area contributed by atoms with E-state index in [4.69, 9.17) is 0 Å². The standard InChI is InChI=1S/C16H19N3O/c1-13-5-3-4-6-14(13)11-15(12-17)16(20)19-9-7-18(2)8-10-19/h3-6,11H,7-10H2,1-2H3. The van der Waals surface area contributed by atoms with Gasteiger partial charge in [0.15, 0.2) is 0 Å². The zero-order valence-electron chi connectivity index (χ0n) is 12.0. The van der Waals surface area contributed by atoms with Crippen molar-refractivity contribution in [3.8, 4) is 6.07 Å². The van der Waals surface area contributed by atoms with E-state index in [9.17, 15) is 10.1 Å². The smallest absolute Gasteiger partial charge is 0.264 e. The molecule has 1 saturated heterocycles. The number of aryl methyl sites for hydroxylation is 1. The molecule has 4 nitrogen and oxygen atoms in total. The lowest BCUT2D eigenvalue weighted by molar-refractivity contribution is -0.128. The number of carbonyl (C=O) groups excluding carboxylic acids is 1. The quantitative estimate of drug-likeness (QED) is 0.606. The first-order valence-corrected chi connectivity index (χ1v) is 6.77. The minimum absolute atomic E-state index is 0.163. The van der Waals surface area contributed by atoms with Gasteiger partial charge in [-0.05, 0) is 31.2 Å². The van der Waals surface area contributed by atoms with Crippen molar-refractivity contribution in [3.63, 3.8) is 0 Å². The average molecular weight is 269 g/mol. The van der Waals surface area contributed by atoms with Crippen LogP contribution < -0.4 is 0 Å². The highest BCUT2D eigenvalue weighted by atomic mass is 16.2. The minimum atomic E-state index is -0.163. The summed E-state index contributed by atoms with van der Waals surface area (Å²) in [4.78, 5) is 16.3. The first-order chi connectivity index (χ1) is 9.61. The van der Waals surface area contributed by atoms with Crippen molar-refractivity contribution in [2.24, 2.45) is 0 Å². The van der Waals surface area contributed by atoms with E-state index in [0.717, 1.165) is 24.2 Å². The molecule has 0 saturated carbocycles. The summed E-state index contributed by atoms with van der Waals surface area (Å²) in [5.41, 5.74) is 2.20. The van der Waals surface area contributed by atoms with Crippen LogP contribution in [0.1, 0.15) is 11.1 Å². The molecule has 1 aliphatic heterocycles. The summed E-state index contributed by atoms with van der Waals surface area (Å²) in [6.07, 6.45) is 1.69. The molecule has 0 aliphatic carbocycles. The summed E-state index contributed by atoms with van der Waals surface area (Å²) >= 11 is 0. The second-order valence-electron chi connectivity index (χ2n) is 5.12. The van der Waals surface area contributed by atoms with E-state index in [0.29, 0.717) is 13.1 Å². The number of nitrogens with zero attached hydrogens (tertiary/aromatic N) is 3. The third-order valence-electron chi connectivity index (χ3n) is 3.63. The summed E-state index contributed by atoms with van der Waals surface area (Å²) in [7, 11) is 2.04. The zero-order chi connectivity index (χ0) is 14.5. The summed E-state index contributed by atoms with van der Waals surface area (Å²) in [5.74, 6) is -0.163. The fourth-order valence-electron chi connectivity index (χ4n) is 2.23. The van der Waals surface area contributed by atoms with Gasteiger partial charge in [0.25, 0.3) is 5.91 Å². The molecule has 1 aliphatic rings. The zero-order valence-corrected chi connectivity index (χ0v) is 12.0. The van der Waals surface area contributed by atoms with Gasteiger partial charge in [0, 0.05) is 26.2 Å². The van der Waals surface area contributed by atoms with Gasteiger partial charge in [-0.15, -0.1) is 0 Å². The molecule has 1 heterocycles. The Balaban J connectivity index is 2.18. The molecule has 0 unspecified atom stereocenters. The van der Waals surface area contributed by atoms with E-state index >= 15 is 0 Å². The molecule has 0 radical (unpaired) electrons. The third kappa shape index (κ3) is 3.25. The van der Waals surface area contributed by atoms with Crippen LogP contribution in [0.25, 0.3) is 6.08 Å². The molecular weight excluding hydrogens is 250 g/mol. The number of benzene rings is 1. The maximum Gasteiger partial charge on any atom is 0.264 e. The van der Waals surface area contributed by atoms with Crippen LogP contribution in [0.3, 0.4) is 0 Å². The van der Waals surface area contributed by atoms with Gasteiger partial charge in [-0.1, -0.05) is 24.3 Å². The van der Waals surface area contributed by atoms with Crippen molar-refractivity contribution in [3.05, 3.63) is 41.0 Å². The molecule has 0 spiro atoms. The number of rotatable bonds is 2. The van der Waals surface area contributed by atoms with Gasteiger partial charge in [0.05, 0.1) is 0 Å². The Labute approximate surface area is 119 Å². The number of amides is 1. The Bertz CT molecular complexity index is 563. The largest absolute Gasteiger partial charge is 0.335 e. The van der Waals surface area contributed by atoms with Crippen LogP contribution in [0.5, 0.6) is 0 Å². The predicted molar refractivity (Wildman–Crippen MR) is 78.8 cm³/mol. The van der Waals surface area contributed by atoms with Crippen LogP contribution in [0, 0.1) is 18.3 Å². The molecule has 20 heavy (non-hydrogen) atoms. The number of hydrogen-bond acceptors (Lipinski definition) is 3. The second-order valence-corrected chi connectivity index (χ2v) is 5.12. The predicted octanol–water partition coefficient (Wildman–Crippen LogP) is 1.68. The lowest BCUT2D eigenvalue weighted by Gasteiger charge is -2.32. The van der Waals surface area contributed by atoms with Crippen LogP contribution >= 0.6 is 0 Å². The highest BCUT2D eigenvalue weighted by Crippen LogP contribution is 2.14. The number of hydrogen-bond donors (Lipinski definition) is 0. The Morgan fingerprint density at radius 2 is 1.90 bits per heavy atom. The summed E-state index contributed by atoms with van der Waals surface area (Å²) in [6, 6.07) is 9.79. The average Bonchev–Trinajstić information content (AvgIpc) is 2.46. The van der Waals surface area contributed by atoms with Crippen LogP contribution in [0.2, 0.25) is 0 Å². The highest BCUT2D eigenvalue weighted by Gasteiger charge is 2.22. The van der Waals surface area contributed by atoms with E-state index in [1.807, 2.05) is 44.3 Å².